The van der Waals surface area contributed by atoms with Gasteiger partial charge in [-0.25, -0.2) is 0 Å². The lowest BCUT2D eigenvalue weighted by molar-refractivity contribution is -0.751. The number of aryl methyl sites for hydroxylation is 1. The highest BCUT2D eigenvalue weighted by molar-refractivity contribution is 5.76. The standard InChI is InChI=1S/C13H15N2O2.C2HF3O2/c1-17-13(16)7-4-9-15-10-8-11-5-2-3-6-12(11)14-15;3-2(4,5)1(6)7/h2-3,5-6,8,10H,4,7,9H2,1H3;(H,6,7)/q+1;/p-1. The van der Waals surface area contributed by atoms with E-state index in [-0.39, 0.29) is 5.97 Å². The molecule has 0 N–H and O–H groups in total. The molecule has 0 unspecified atom stereocenters. The second-order valence-corrected chi connectivity index (χ2v) is 4.60. The topological polar surface area (TPSA) is 83.2 Å². The van der Waals surface area contributed by atoms with Crippen LogP contribution < -0.4 is 9.79 Å². The number of carbonyl (C=O) groups excluding carboxylic acids is 2. The van der Waals surface area contributed by atoms with E-state index in [1.807, 2.05) is 41.2 Å². The Morgan fingerprint density at radius 2 is 1.88 bits per heavy atom. The number of carbonyl (C=O) groups is 2. The zero-order chi connectivity index (χ0) is 18.2. The lowest BCUT2D eigenvalue weighted by atomic mass is 10.2. The highest BCUT2D eigenvalue weighted by Gasteiger charge is 2.28. The highest BCUT2D eigenvalue weighted by Crippen LogP contribution is 2.11. The van der Waals surface area contributed by atoms with Crippen LogP contribution >= 0.6 is 0 Å². The maximum Gasteiger partial charge on any atom is 0.430 e. The molecule has 2 aromatic rings. The minimum atomic E-state index is -5.19. The van der Waals surface area contributed by atoms with Crippen molar-refractivity contribution in [3.8, 4) is 0 Å². The fourth-order valence-electron chi connectivity index (χ4n) is 1.67. The molecule has 1 aromatic heterocycles. The van der Waals surface area contributed by atoms with Gasteiger partial charge in [-0.05, 0) is 6.07 Å². The maximum absolute atomic E-state index is 11.0. The molecule has 0 amide bonds. The summed E-state index contributed by atoms with van der Waals surface area (Å²) in [5.41, 5.74) is 0.966. The summed E-state index contributed by atoms with van der Waals surface area (Å²) < 4.78 is 38.0. The van der Waals surface area contributed by atoms with Gasteiger partial charge in [0, 0.05) is 23.0 Å². The third-order valence-corrected chi connectivity index (χ3v) is 2.83. The Hall–Kier alpha value is -2.71. The number of hydrogen-bond donors (Lipinski definition) is 0. The van der Waals surface area contributed by atoms with Gasteiger partial charge in [-0.3, -0.25) is 4.79 Å². The van der Waals surface area contributed by atoms with Crippen molar-refractivity contribution in [3.63, 3.8) is 0 Å². The van der Waals surface area contributed by atoms with Crippen LogP contribution in [-0.4, -0.2) is 30.3 Å². The van der Waals surface area contributed by atoms with E-state index in [9.17, 15) is 18.0 Å². The van der Waals surface area contributed by atoms with E-state index in [0.29, 0.717) is 6.42 Å². The van der Waals surface area contributed by atoms with Crippen molar-refractivity contribution in [1.82, 2.24) is 5.10 Å². The maximum atomic E-state index is 11.0. The van der Waals surface area contributed by atoms with Gasteiger partial charge in [0.05, 0.1) is 13.5 Å². The summed E-state index contributed by atoms with van der Waals surface area (Å²) in [6.07, 6.45) is -2.10. The molecule has 0 fully saturated rings. The molecule has 0 saturated carbocycles. The molecule has 0 spiro atoms. The first-order chi connectivity index (χ1) is 11.2. The molecule has 0 aliphatic heterocycles. The van der Waals surface area contributed by atoms with Crippen molar-refractivity contribution in [2.75, 3.05) is 7.11 Å². The molecule has 0 aliphatic carbocycles. The minimum Gasteiger partial charge on any atom is -0.542 e. The van der Waals surface area contributed by atoms with Gasteiger partial charge in [-0.15, -0.1) is 0 Å². The van der Waals surface area contributed by atoms with E-state index in [1.165, 1.54) is 7.11 Å². The molecule has 2 rings (SSSR count). The summed E-state index contributed by atoms with van der Waals surface area (Å²) in [5, 5.41) is 14.4. The summed E-state index contributed by atoms with van der Waals surface area (Å²) in [4.78, 5) is 19.7. The van der Waals surface area contributed by atoms with Crippen LogP contribution in [0, 0.1) is 0 Å². The molecule has 0 saturated heterocycles. The Bertz CT molecular complexity index is 704. The number of aromatic nitrogens is 2. The number of rotatable bonds is 4. The third-order valence-electron chi connectivity index (χ3n) is 2.83. The molecule has 24 heavy (non-hydrogen) atoms. The summed E-state index contributed by atoms with van der Waals surface area (Å²) in [5.74, 6) is -3.18. The van der Waals surface area contributed by atoms with E-state index in [4.69, 9.17) is 9.90 Å². The second kappa shape index (κ2) is 8.80. The largest absolute Gasteiger partial charge is 0.542 e. The quantitative estimate of drug-likeness (QED) is 0.604. The molecule has 130 valence electrons. The van der Waals surface area contributed by atoms with Crippen molar-refractivity contribution in [2.24, 2.45) is 0 Å². The summed E-state index contributed by atoms with van der Waals surface area (Å²) in [6.45, 7) is 0.722. The van der Waals surface area contributed by atoms with Crippen LogP contribution in [0.3, 0.4) is 0 Å². The second-order valence-electron chi connectivity index (χ2n) is 4.60. The molecule has 6 nitrogen and oxygen atoms in total. The van der Waals surface area contributed by atoms with Crippen molar-refractivity contribution >= 4 is 22.8 Å². The monoisotopic (exact) mass is 344 g/mol. The van der Waals surface area contributed by atoms with Crippen LogP contribution in [-0.2, 0) is 20.9 Å². The van der Waals surface area contributed by atoms with Gasteiger partial charge in [-0.1, -0.05) is 22.9 Å². The van der Waals surface area contributed by atoms with Crippen molar-refractivity contribution in [1.29, 1.82) is 0 Å². The Kier molecular flexibility index (Phi) is 7.09. The molecule has 9 heteroatoms. The molecule has 0 bridgehead atoms. The Labute approximate surface area is 135 Å². The van der Waals surface area contributed by atoms with Crippen LogP contribution in [0.5, 0.6) is 0 Å². The molecule has 1 aromatic carbocycles. The third kappa shape index (κ3) is 6.59. The Morgan fingerprint density at radius 3 is 2.46 bits per heavy atom. The molecular formula is C15H15F3N2O4. The number of alkyl halides is 3. The van der Waals surface area contributed by atoms with Gasteiger partial charge < -0.3 is 14.6 Å². The summed E-state index contributed by atoms with van der Waals surface area (Å²) in [7, 11) is 1.41. The first kappa shape index (κ1) is 19.3. The number of ether oxygens (including phenoxy) is 1. The smallest absolute Gasteiger partial charge is 0.430 e. The van der Waals surface area contributed by atoms with Gasteiger partial charge in [0.2, 0.25) is 0 Å². The highest BCUT2D eigenvalue weighted by atomic mass is 19.4. The minimum absolute atomic E-state index is 0.175. The fourth-order valence-corrected chi connectivity index (χ4v) is 1.67. The van der Waals surface area contributed by atoms with E-state index in [2.05, 4.69) is 9.84 Å². The van der Waals surface area contributed by atoms with E-state index in [1.54, 1.807) is 0 Å². The SMILES string of the molecule is COC(=O)CCC[n+]1ccc2ccccc2n1.O=C([O-])C(F)(F)F. The van der Waals surface area contributed by atoms with Crippen molar-refractivity contribution < 1.29 is 37.3 Å². The molecule has 0 atom stereocenters. The first-order valence-corrected chi connectivity index (χ1v) is 6.84. The van der Waals surface area contributed by atoms with E-state index in [0.717, 1.165) is 23.9 Å². The van der Waals surface area contributed by atoms with Crippen LogP contribution in [0.4, 0.5) is 13.2 Å². The number of methoxy groups -OCH3 is 1. The fraction of sp³-hybridized carbons (Fsp3) is 0.333. The van der Waals surface area contributed by atoms with Gasteiger partial charge in [0.15, 0.2) is 12.7 Å². The lowest BCUT2D eigenvalue weighted by Gasteiger charge is -2.03. The van der Waals surface area contributed by atoms with E-state index < -0.39 is 12.1 Å². The van der Waals surface area contributed by atoms with Crippen molar-refractivity contribution in [3.05, 3.63) is 36.5 Å². The number of carboxylic acids is 1. The van der Waals surface area contributed by atoms with Gasteiger partial charge in [0.25, 0.3) is 0 Å². The molecule has 1 heterocycles. The summed E-state index contributed by atoms with van der Waals surface area (Å²) >= 11 is 0. The van der Waals surface area contributed by atoms with Crippen LogP contribution in [0.15, 0.2) is 36.5 Å². The summed E-state index contributed by atoms with van der Waals surface area (Å²) in [6, 6.07) is 9.99. The number of benzene rings is 1. The number of carboxylic acid groups (broad SMARTS) is 1. The Balaban J connectivity index is 0.000000351. The van der Waals surface area contributed by atoms with Gasteiger partial charge in [0.1, 0.15) is 11.5 Å². The Morgan fingerprint density at radius 1 is 1.25 bits per heavy atom. The zero-order valence-electron chi connectivity index (χ0n) is 12.7. The molecular weight excluding hydrogens is 329 g/mol. The zero-order valence-corrected chi connectivity index (χ0v) is 12.7. The van der Waals surface area contributed by atoms with Crippen molar-refractivity contribution in [2.45, 2.75) is 25.6 Å². The van der Waals surface area contributed by atoms with E-state index >= 15 is 0 Å². The van der Waals surface area contributed by atoms with Crippen LogP contribution in [0.1, 0.15) is 12.8 Å². The van der Waals surface area contributed by atoms with Gasteiger partial charge >= 0.3 is 12.1 Å². The number of nitrogens with zero attached hydrogens (tertiary/aromatic N) is 2. The van der Waals surface area contributed by atoms with Gasteiger partial charge in [-0.2, -0.15) is 13.2 Å². The number of esters is 1. The average Bonchev–Trinajstić information content (AvgIpc) is 2.54. The number of hydrogen-bond acceptors (Lipinski definition) is 5. The molecule has 0 radical (unpaired) electrons. The average molecular weight is 344 g/mol. The predicted octanol–water partition coefficient (Wildman–Crippen LogP) is 0.774. The van der Waals surface area contributed by atoms with Crippen LogP contribution in [0.25, 0.3) is 10.9 Å². The molecule has 0 aliphatic rings. The normalized spacial score (nSPS) is 10.7. The number of aliphatic carboxylic acids is 1. The first-order valence-electron chi connectivity index (χ1n) is 6.84. The van der Waals surface area contributed by atoms with Crippen LogP contribution in [0.2, 0.25) is 0 Å². The number of fused-ring (bicyclic) bond motifs is 1. The predicted molar refractivity (Wildman–Crippen MR) is 74.3 cm³/mol. The number of halogens is 3. The lowest BCUT2D eigenvalue weighted by Crippen LogP contribution is -2.37.